The minimum absolute atomic E-state index is 0.0153. The number of nitrogens with one attached hydrogen (secondary N) is 1. The highest BCUT2D eigenvalue weighted by molar-refractivity contribution is 6.30. The third kappa shape index (κ3) is 3.75. The molecule has 19 heavy (non-hydrogen) atoms. The molecule has 2 rings (SSSR count). The number of likely N-dealkylation sites (N-methyl/N-ethyl adjacent to an activating group) is 1. The molecule has 0 radical (unpaired) electrons. The molecule has 1 unspecified atom stereocenters. The summed E-state index contributed by atoms with van der Waals surface area (Å²) in [6.45, 7) is 0. The van der Waals surface area contributed by atoms with Crippen LogP contribution in [0.2, 0.25) is 5.02 Å². The Balaban J connectivity index is 2.21. The molecule has 0 aliphatic heterocycles. The highest BCUT2D eigenvalue weighted by Gasteiger charge is 2.11. The molecule has 1 nitrogen and oxygen atoms in total. The molecule has 1 atom stereocenters. The molecule has 0 amide bonds. The largest absolute Gasteiger partial charge is 0.313 e. The van der Waals surface area contributed by atoms with Crippen molar-refractivity contribution in [3.63, 3.8) is 0 Å². The smallest absolute Gasteiger partial charge is 0.126 e. The van der Waals surface area contributed by atoms with Crippen molar-refractivity contribution >= 4 is 11.6 Å². The third-order valence-corrected chi connectivity index (χ3v) is 3.23. The van der Waals surface area contributed by atoms with Gasteiger partial charge in [0.1, 0.15) is 11.6 Å². The van der Waals surface area contributed by atoms with Gasteiger partial charge in [-0.1, -0.05) is 23.7 Å². The van der Waals surface area contributed by atoms with Crippen LogP contribution in [0, 0.1) is 11.6 Å². The predicted octanol–water partition coefficient (Wildman–Crippen LogP) is 4.12. The van der Waals surface area contributed by atoms with Crippen molar-refractivity contribution in [2.45, 2.75) is 12.5 Å². The van der Waals surface area contributed by atoms with Crippen molar-refractivity contribution in [3.8, 4) is 0 Å². The fourth-order valence-corrected chi connectivity index (χ4v) is 2.17. The van der Waals surface area contributed by atoms with Gasteiger partial charge in [0.2, 0.25) is 0 Å². The Morgan fingerprint density at radius 3 is 2.16 bits per heavy atom. The Hall–Kier alpha value is -1.45. The summed E-state index contributed by atoms with van der Waals surface area (Å²) >= 11 is 5.84. The lowest BCUT2D eigenvalue weighted by Gasteiger charge is -2.17. The fourth-order valence-electron chi connectivity index (χ4n) is 2.05. The van der Waals surface area contributed by atoms with Gasteiger partial charge in [-0.2, -0.15) is 0 Å². The van der Waals surface area contributed by atoms with E-state index in [0.717, 1.165) is 11.6 Å². The summed E-state index contributed by atoms with van der Waals surface area (Å²) in [5.74, 6) is -1.11. The zero-order valence-electron chi connectivity index (χ0n) is 10.5. The van der Waals surface area contributed by atoms with Crippen molar-refractivity contribution in [2.24, 2.45) is 0 Å². The monoisotopic (exact) mass is 281 g/mol. The minimum Gasteiger partial charge on any atom is -0.313 e. The van der Waals surface area contributed by atoms with E-state index in [2.05, 4.69) is 5.32 Å². The molecule has 0 bridgehead atoms. The van der Waals surface area contributed by atoms with E-state index in [1.54, 1.807) is 12.1 Å². The maximum atomic E-state index is 13.2. The van der Waals surface area contributed by atoms with E-state index < -0.39 is 11.6 Å². The van der Waals surface area contributed by atoms with Crippen LogP contribution in [-0.4, -0.2) is 7.05 Å². The minimum atomic E-state index is -0.555. The molecule has 0 aliphatic rings. The van der Waals surface area contributed by atoms with Crippen LogP contribution in [-0.2, 0) is 6.42 Å². The second-order valence-electron chi connectivity index (χ2n) is 4.37. The molecule has 100 valence electrons. The molecule has 0 saturated carbocycles. The predicted molar refractivity (Wildman–Crippen MR) is 73.3 cm³/mol. The van der Waals surface area contributed by atoms with Crippen LogP contribution in [0.1, 0.15) is 17.2 Å². The average Bonchev–Trinajstić information content (AvgIpc) is 2.36. The summed E-state index contributed by atoms with van der Waals surface area (Å²) in [5.41, 5.74) is 1.64. The highest BCUT2D eigenvalue weighted by atomic mass is 35.5. The van der Waals surface area contributed by atoms with Crippen molar-refractivity contribution in [1.82, 2.24) is 5.32 Å². The summed E-state index contributed by atoms with van der Waals surface area (Å²) in [6.07, 6.45) is 0.507. The van der Waals surface area contributed by atoms with Gasteiger partial charge in [0.25, 0.3) is 0 Å². The van der Waals surface area contributed by atoms with Crippen LogP contribution < -0.4 is 5.32 Å². The van der Waals surface area contributed by atoms with E-state index in [1.165, 1.54) is 12.1 Å². The lowest BCUT2D eigenvalue weighted by molar-refractivity contribution is 0.562. The van der Waals surface area contributed by atoms with Crippen LogP contribution in [0.3, 0.4) is 0 Å². The van der Waals surface area contributed by atoms with E-state index in [9.17, 15) is 8.78 Å². The molecule has 0 fully saturated rings. The first-order valence-corrected chi connectivity index (χ1v) is 6.34. The van der Waals surface area contributed by atoms with E-state index in [-0.39, 0.29) is 6.04 Å². The molecular weight excluding hydrogens is 268 g/mol. The average molecular weight is 282 g/mol. The first-order valence-electron chi connectivity index (χ1n) is 5.96. The SMILES string of the molecule is CNC(Cc1cc(F)cc(F)c1)c1ccc(Cl)cc1. The summed E-state index contributed by atoms with van der Waals surface area (Å²) in [4.78, 5) is 0. The molecule has 2 aromatic carbocycles. The zero-order chi connectivity index (χ0) is 13.8. The topological polar surface area (TPSA) is 12.0 Å². The highest BCUT2D eigenvalue weighted by Crippen LogP contribution is 2.21. The van der Waals surface area contributed by atoms with Gasteiger partial charge >= 0.3 is 0 Å². The summed E-state index contributed by atoms with van der Waals surface area (Å²) in [5, 5.41) is 3.80. The van der Waals surface area contributed by atoms with Crippen LogP contribution in [0.25, 0.3) is 0 Å². The number of rotatable bonds is 4. The van der Waals surface area contributed by atoms with E-state index in [0.29, 0.717) is 17.0 Å². The second-order valence-corrected chi connectivity index (χ2v) is 4.81. The molecular formula is C15H14ClF2N. The van der Waals surface area contributed by atoms with Crippen molar-refractivity contribution in [2.75, 3.05) is 7.05 Å². The number of hydrogen-bond acceptors (Lipinski definition) is 1. The Morgan fingerprint density at radius 2 is 1.63 bits per heavy atom. The second kappa shape index (κ2) is 6.13. The summed E-state index contributed by atoms with van der Waals surface area (Å²) < 4.78 is 26.3. The Labute approximate surface area is 116 Å². The van der Waals surface area contributed by atoms with E-state index in [4.69, 9.17) is 11.6 Å². The molecule has 0 aliphatic carbocycles. The Morgan fingerprint density at radius 1 is 1.05 bits per heavy atom. The number of hydrogen-bond donors (Lipinski definition) is 1. The van der Waals surface area contributed by atoms with Gasteiger partial charge in [0.15, 0.2) is 0 Å². The van der Waals surface area contributed by atoms with Gasteiger partial charge in [-0.15, -0.1) is 0 Å². The van der Waals surface area contributed by atoms with Gasteiger partial charge in [-0.25, -0.2) is 8.78 Å². The quantitative estimate of drug-likeness (QED) is 0.889. The van der Waals surface area contributed by atoms with Crippen molar-refractivity contribution in [1.29, 1.82) is 0 Å². The Kier molecular flexibility index (Phi) is 4.51. The number of benzene rings is 2. The molecule has 0 heterocycles. The van der Waals surface area contributed by atoms with Crippen LogP contribution >= 0.6 is 11.6 Å². The van der Waals surface area contributed by atoms with Gasteiger partial charge in [-0.05, 0) is 48.9 Å². The summed E-state index contributed by atoms with van der Waals surface area (Å²) in [6, 6.07) is 11.0. The fraction of sp³-hybridized carbons (Fsp3) is 0.200. The number of halogens is 3. The van der Waals surface area contributed by atoms with Gasteiger partial charge < -0.3 is 5.32 Å². The summed E-state index contributed by atoms with van der Waals surface area (Å²) in [7, 11) is 1.81. The van der Waals surface area contributed by atoms with Gasteiger partial charge in [0.05, 0.1) is 0 Å². The molecule has 2 aromatic rings. The Bertz CT molecular complexity index is 534. The standard InChI is InChI=1S/C15H14ClF2N/c1-19-15(11-2-4-12(16)5-3-11)8-10-6-13(17)9-14(18)7-10/h2-7,9,15,19H,8H2,1H3. The van der Waals surface area contributed by atoms with Gasteiger partial charge in [0, 0.05) is 17.1 Å². The van der Waals surface area contributed by atoms with Crippen molar-refractivity contribution < 1.29 is 8.78 Å². The van der Waals surface area contributed by atoms with E-state index in [1.807, 2.05) is 19.2 Å². The third-order valence-electron chi connectivity index (χ3n) is 2.98. The van der Waals surface area contributed by atoms with Crippen LogP contribution in [0.15, 0.2) is 42.5 Å². The lowest BCUT2D eigenvalue weighted by atomic mass is 9.99. The van der Waals surface area contributed by atoms with Crippen LogP contribution in [0.5, 0.6) is 0 Å². The maximum Gasteiger partial charge on any atom is 0.126 e. The first kappa shape index (κ1) is 14.0. The van der Waals surface area contributed by atoms with Crippen molar-refractivity contribution in [3.05, 3.63) is 70.2 Å². The molecule has 1 N–H and O–H groups in total. The zero-order valence-corrected chi connectivity index (χ0v) is 11.2. The first-order chi connectivity index (χ1) is 9.08. The van der Waals surface area contributed by atoms with Crippen LogP contribution in [0.4, 0.5) is 8.78 Å². The van der Waals surface area contributed by atoms with E-state index >= 15 is 0 Å². The molecule has 0 saturated heterocycles. The molecule has 0 aromatic heterocycles. The molecule has 0 spiro atoms. The van der Waals surface area contributed by atoms with Gasteiger partial charge in [-0.3, -0.25) is 0 Å². The normalized spacial score (nSPS) is 12.4. The maximum absolute atomic E-state index is 13.2. The lowest BCUT2D eigenvalue weighted by Crippen LogP contribution is -2.18. The molecule has 4 heteroatoms.